The van der Waals surface area contributed by atoms with Crippen molar-refractivity contribution in [3.05, 3.63) is 46.6 Å². The van der Waals surface area contributed by atoms with Crippen molar-refractivity contribution in [2.45, 2.75) is 57.4 Å². The fourth-order valence-corrected chi connectivity index (χ4v) is 8.00. The van der Waals surface area contributed by atoms with Gasteiger partial charge >= 0.3 is 11.8 Å². The fraction of sp³-hybridized carbons (Fsp3) is 0.517. The molecule has 3 saturated heterocycles. The van der Waals surface area contributed by atoms with E-state index < -0.39 is 11.8 Å². The molecule has 1 aliphatic carbocycles. The number of aryl methyl sites for hydroxylation is 1. The number of nitrogens with one attached hydrogen (secondary N) is 1. The molecule has 2 aromatic heterocycles. The monoisotopic (exact) mass is 532 g/mol. The molecule has 4 aliphatic rings. The number of hydrogen-bond donors (Lipinski definition) is 2. The number of benzene rings is 1. The van der Waals surface area contributed by atoms with Crippen LogP contribution in [0.2, 0.25) is 0 Å². The molecule has 8 nitrogen and oxygen atoms in total. The molecule has 3 aliphatic heterocycles. The number of likely N-dealkylation sites (tertiary alicyclic amines) is 1. The number of carbonyl (C=O) groups excluding carboxylic acids is 2. The number of thiazole rings is 1. The highest BCUT2D eigenvalue weighted by Crippen LogP contribution is 2.53. The van der Waals surface area contributed by atoms with Gasteiger partial charge in [-0.1, -0.05) is 19.9 Å². The summed E-state index contributed by atoms with van der Waals surface area (Å²) in [7, 11) is 2.21. The molecule has 1 saturated carbocycles. The largest absolute Gasteiger partial charge is 0.383 e. The standard InChI is InChI=1S/C29H36N6O2S/c1-4-19-9-21(13-31-25(19)30)32-26(36)27(37)35-14-17(2)5-7-23(35)20-6-8-24-22(10-20)33-28(38-24)29-11-18(12-29)15-34(3)16-29/h6,8-10,13,17-18,23H,4-5,7,11-12,14-16H2,1-3H3,(H2,30,31)(H,32,36)/t17-,18?,23+,29?/m0/s1. The zero-order valence-electron chi connectivity index (χ0n) is 22.4. The van der Waals surface area contributed by atoms with Crippen molar-refractivity contribution in [2.24, 2.45) is 11.8 Å². The first-order valence-electron chi connectivity index (χ1n) is 13.7. The van der Waals surface area contributed by atoms with Gasteiger partial charge in [-0.25, -0.2) is 9.97 Å². The van der Waals surface area contributed by atoms with E-state index in [1.807, 2.05) is 18.3 Å². The molecule has 5 heterocycles. The van der Waals surface area contributed by atoms with Gasteiger partial charge < -0.3 is 20.9 Å². The van der Waals surface area contributed by atoms with Crippen molar-refractivity contribution in [3.63, 3.8) is 0 Å². The van der Waals surface area contributed by atoms with Gasteiger partial charge in [0.05, 0.1) is 28.1 Å². The zero-order valence-corrected chi connectivity index (χ0v) is 23.2. The number of piperidine rings is 3. The number of likely N-dealkylation sites (N-methyl/N-ethyl adjacent to an activating group) is 1. The third-order valence-corrected chi connectivity index (χ3v) is 9.95. The number of rotatable bonds is 4. The Balaban J connectivity index is 1.24. The third kappa shape index (κ3) is 4.45. The molecular weight excluding hydrogens is 496 g/mol. The maximum absolute atomic E-state index is 13.5. The fourth-order valence-electron chi connectivity index (χ4n) is 6.86. The summed E-state index contributed by atoms with van der Waals surface area (Å²) < 4.78 is 1.19. The molecule has 38 heavy (non-hydrogen) atoms. The van der Waals surface area contributed by atoms with Gasteiger partial charge in [0.15, 0.2) is 0 Å². The summed E-state index contributed by atoms with van der Waals surface area (Å²) in [6.07, 6.45) is 6.51. The van der Waals surface area contributed by atoms with Crippen LogP contribution in [0.5, 0.6) is 0 Å². The molecular formula is C29H36N6O2S. The highest BCUT2D eigenvalue weighted by molar-refractivity contribution is 7.18. The Labute approximate surface area is 227 Å². The first kappa shape index (κ1) is 25.2. The van der Waals surface area contributed by atoms with E-state index in [4.69, 9.17) is 10.7 Å². The number of aromatic nitrogens is 2. The summed E-state index contributed by atoms with van der Waals surface area (Å²) in [5.74, 6) is 0.407. The van der Waals surface area contributed by atoms with Crippen LogP contribution in [0.3, 0.4) is 0 Å². The SMILES string of the molecule is CCc1cc(NC(=O)C(=O)N2C[C@@H](C)CC[C@@H]2c2ccc3sc(C45CC(CN(C)C4)C5)nc3c2)cnc1N. The minimum Gasteiger partial charge on any atom is -0.383 e. The van der Waals surface area contributed by atoms with Gasteiger partial charge in [0.2, 0.25) is 0 Å². The second-order valence-electron chi connectivity index (χ2n) is 11.7. The number of amides is 2. The predicted octanol–water partition coefficient (Wildman–Crippen LogP) is 4.37. The molecule has 2 atom stereocenters. The Kier molecular flexibility index (Phi) is 6.39. The Hall–Kier alpha value is -3.04. The summed E-state index contributed by atoms with van der Waals surface area (Å²) in [5, 5.41) is 4.00. The average Bonchev–Trinajstić information content (AvgIpc) is 3.32. The Morgan fingerprint density at radius 2 is 2.03 bits per heavy atom. The van der Waals surface area contributed by atoms with E-state index in [1.54, 1.807) is 11.0 Å². The van der Waals surface area contributed by atoms with Crippen LogP contribution in [0.15, 0.2) is 30.5 Å². The van der Waals surface area contributed by atoms with Gasteiger partial charge in [0.25, 0.3) is 0 Å². The molecule has 3 aromatic rings. The zero-order chi connectivity index (χ0) is 26.6. The number of hydrogen-bond acceptors (Lipinski definition) is 7. The second-order valence-corrected chi connectivity index (χ2v) is 12.8. The average molecular weight is 533 g/mol. The van der Waals surface area contributed by atoms with Crippen LogP contribution in [0.25, 0.3) is 10.2 Å². The number of nitrogens with zero attached hydrogens (tertiary/aromatic N) is 4. The number of fused-ring (bicyclic) bond motifs is 3. The van der Waals surface area contributed by atoms with Crippen LogP contribution in [-0.4, -0.2) is 58.3 Å². The van der Waals surface area contributed by atoms with Crippen molar-refractivity contribution in [1.82, 2.24) is 19.8 Å². The first-order chi connectivity index (χ1) is 18.2. The van der Waals surface area contributed by atoms with Gasteiger partial charge in [-0.15, -0.1) is 11.3 Å². The summed E-state index contributed by atoms with van der Waals surface area (Å²) in [5.41, 5.74) is 9.48. The summed E-state index contributed by atoms with van der Waals surface area (Å²) in [4.78, 5) is 40.0. The van der Waals surface area contributed by atoms with E-state index >= 15 is 0 Å². The highest BCUT2D eigenvalue weighted by atomic mass is 32.1. The minimum absolute atomic E-state index is 0.151. The van der Waals surface area contributed by atoms with Crippen LogP contribution < -0.4 is 11.1 Å². The van der Waals surface area contributed by atoms with Crippen molar-refractivity contribution in [1.29, 1.82) is 0 Å². The smallest absolute Gasteiger partial charge is 0.313 e. The van der Waals surface area contributed by atoms with Crippen LogP contribution in [0.4, 0.5) is 11.5 Å². The van der Waals surface area contributed by atoms with Crippen molar-refractivity contribution in [3.8, 4) is 0 Å². The van der Waals surface area contributed by atoms with E-state index in [9.17, 15) is 9.59 Å². The van der Waals surface area contributed by atoms with E-state index in [0.717, 1.165) is 41.9 Å². The Bertz CT molecular complexity index is 1400. The maximum Gasteiger partial charge on any atom is 0.313 e. The van der Waals surface area contributed by atoms with Gasteiger partial charge in [-0.3, -0.25) is 9.59 Å². The van der Waals surface area contributed by atoms with Crippen molar-refractivity contribution < 1.29 is 9.59 Å². The lowest BCUT2D eigenvalue weighted by Crippen LogP contribution is -2.57. The summed E-state index contributed by atoms with van der Waals surface area (Å²) >= 11 is 1.82. The lowest BCUT2D eigenvalue weighted by atomic mass is 9.59. The number of nitrogen functional groups attached to an aromatic ring is 1. The normalized spacial score (nSPS) is 27.2. The molecule has 0 spiro atoms. The van der Waals surface area contributed by atoms with E-state index in [2.05, 4.69) is 47.4 Å². The summed E-state index contributed by atoms with van der Waals surface area (Å²) in [6, 6.07) is 8.05. The Morgan fingerprint density at radius 1 is 1.21 bits per heavy atom. The number of carbonyl (C=O) groups is 2. The molecule has 3 N–H and O–H groups in total. The van der Waals surface area contributed by atoms with E-state index in [-0.39, 0.29) is 11.5 Å². The summed E-state index contributed by atoms with van der Waals surface area (Å²) in [6.45, 7) is 6.94. The molecule has 0 unspecified atom stereocenters. The molecule has 2 bridgehead atoms. The van der Waals surface area contributed by atoms with E-state index in [0.29, 0.717) is 30.4 Å². The quantitative estimate of drug-likeness (QED) is 0.484. The maximum atomic E-state index is 13.5. The van der Waals surface area contributed by atoms with Gasteiger partial charge in [-0.05, 0) is 80.3 Å². The highest BCUT2D eigenvalue weighted by Gasteiger charge is 2.52. The van der Waals surface area contributed by atoms with Gasteiger partial charge in [-0.2, -0.15) is 0 Å². The van der Waals surface area contributed by atoms with Crippen molar-refractivity contribution in [2.75, 3.05) is 37.7 Å². The van der Waals surface area contributed by atoms with Gasteiger partial charge in [0.1, 0.15) is 10.8 Å². The first-order valence-corrected chi connectivity index (χ1v) is 14.5. The number of pyridine rings is 1. The van der Waals surface area contributed by atoms with Gasteiger partial charge in [0, 0.05) is 25.0 Å². The second kappa shape index (κ2) is 9.61. The van der Waals surface area contributed by atoms with Crippen LogP contribution in [-0.2, 0) is 21.4 Å². The molecule has 9 heteroatoms. The molecule has 4 fully saturated rings. The topological polar surface area (TPSA) is 104 Å². The predicted molar refractivity (Wildman–Crippen MR) is 151 cm³/mol. The molecule has 200 valence electrons. The van der Waals surface area contributed by atoms with Crippen LogP contribution in [0.1, 0.15) is 61.7 Å². The van der Waals surface area contributed by atoms with Crippen LogP contribution in [0, 0.1) is 11.8 Å². The number of anilines is 2. The van der Waals surface area contributed by atoms with Crippen LogP contribution >= 0.6 is 11.3 Å². The van der Waals surface area contributed by atoms with Crippen molar-refractivity contribution >= 4 is 44.9 Å². The van der Waals surface area contributed by atoms with E-state index in [1.165, 1.54) is 35.3 Å². The number of nitrogens with two attached hydrogens (primary N) is 1. The molecule has 0 radical (unpaired) electrons. The third-order valence-electron chi connectivity index (χ3n) is 8.66. The molecule has 2 amide bonds. The lowest BCUT2D eigenvalue weighted by molar-refractivity contribution is -0.146. The minimum atomic E-state index is -0.644. The Morgan fingerprint density at radius 3 is 2.79 bits per heavy atom. The molecule has 1 aromatic carbocycles. The molecule has 7 rings (SSSR count). The lowest BCUT2D eigenvalue weighted by Gasteiger charge is -2.54.